The summed E-state index contributed by atoms with van der Waals surface area (Å²) in [6, 6.07) is 10.4. The first-order valence-electron chi connectivity index (χ1n) is 12.3. The Hall–Kier alpha value is -3.17. The Morgan fingerprint density at radius 1 is 1.22 bits per heavy atom. The van der Waals surface area contributed by atoms with Gasteiger partial charge in [0.2, 0.25) is 0 Å². The van der Waals surface area contributed by atoms with Gasteiger partial charge < -0.3 is 16.0 Å². The van der Waals surface area contributed by atoms with Gasteiger partial charge in [-0.25, -0.2) is 4.98 Å². The summed E-state index contributed by atoms with van der Waals surface area (Å²) in [4.78, 5) is 9.14. The Labute approximate surface area is 220 Å². The zero-order chi connectivity index (χ0) is 25.7. The first-order chi connectivity index (χ1) is 17.3. The molecule has 1 unspecified atom stereocenters. The van der Waals surface area contributed by atoms with E-state index in [1.165, 1.54) is 0 Å². The number of aryl methyl sites for hydroxylation is 1. The normalized spacial score (nSPS) is 17.2. The van der Waals surface area contributed by atoms with Crippen molar-refractivity contribution in [1.82, 2.24) is 25.4 Å². The van der Waals surface area contributed by atoms with Crippen molar-refractivity contribution in [3.8, 4) is 11.1 Å². The van der Waals surface area contributed by atoms with E-state index in [1.54, 1.807) is 0 Å². The van der Waals surface area contributed by atoms with Crippen LogP contribution in [0.1, 0.15) is 37.0 Å². The molecule has 3 aromatic rings. The molecule has 1 fully saturated rings. The number of H-pyrrole nitrogens is 1. The second-order valence-electron chi connectivity index (χ2n) is 9.09. The molecule has 36 heavy (non-hydrogen) atoms. The number of hydrogen-bond acceptors (Lipinski definition) is 7. The summed E-state index contributed by atoms with van der Waals surface area (Å²) in [5, 5.41) is 10.3. The number of rotatable bonds is 8. The first kappa shape index (κ1) is 25.9. The van der Waals surface area contributed by atoms with Crippen LogP contribution < -0.4 is 16.0 Å². The van der Waals surface area contributed by atoms with E-state index in [4.69, 9.17) is 13.6 Å². The zero-order valence-electron chi connectivity index (χ0n) is 21.2. The number of pyridine rings is 1. The summed E-state index contributed by atoms with van der Waals surface area (Å²) < 4.78 is -0.566. The number of benzene rings is 1. The lowest BCUT2D eigenvalue weighted by atomic mass is 9.90. The van der Waals surface area contributed by atoms with Crippen molar-refractivity contribution in [3.63, 3.8) is 0 Å². The van der Waals surface area contributed by atoms with Crippen molar-refractivity contribution in [3.05, 3.63) is 77.5 Å². The highest BCUT2D eigenvalue weighted by Crippen LogP contribution is 2.26. The van der Waals surface area contributed by atoms with E-state index in [-0.39, 0.29) is 0 Å². The van der Waals surface area contributed by atoms with Crippen molar-refractivity contribution >= 4 is 38.1 Å². The Morgan fingerprint density at radius 2 is 2.00 bits per heavy atom. The maximum absolute atomic E-state index is 6.45. The van der Waals surface area contributed by atoms with E-state index in [0.717, 1.165) is 71.9 Å². The van der Waals surface area contributed by atoms with Gasteiger partial charge in [-0.05, 0) is 61.2 Å². The molecule has 0 amide bonds. The summed E-state index contributed by atoms with van der Waals surface area (Å²) in [5.41, 5.74) is 12.7. The first-order valence-corrected chi connectivity index (χ1v) is 12.7. The number of piperazine rings is 1. The molecule has 2 radical (unpaired) electrons. The van der Waals surface area contributed by atoms with Crippen molar-refractivity contribution in [2.75, 3.05) is 31.1 Å². The highest BCUT2D eigenvalue weighted by atomic mass is 32.1. The molecule has 0 bridgehead atoms. The van der Waals surface area contributed by atoms with Crippen molar-refractivity contribution < 1.29 is 0 Å². The summed E-state index contributed by atoms with van der Waals surface area (Å²) >= 11 is 4.63. The van der Waals surface area contributed by atoms with Gasteiger partial charge in [-0.2, -0.15) is 17.7 Å². The fourth-order valence-corrected chi connectivity index (χ4v) is 4.56. The molecule has 1 aliphatic rings. The van der Waals surface area contributed by atoms with Gasteiger partial charge in [0, 0.05) is 60.2 Å². The van der Waals surface area contributed by atoms with Crippen LogP contribution in [0.15, 0.2) is 60.8 Å². The third-order valence-corrected chi connectivity index (χ3v) is 7.32. The van der Waals surface area contributed by atoms with Crippen LogP contribution in [0.4, 0.5) is 5.82 Å². The number of anilines is 1. The van der Waals surface area contributed by atoms with Crippen molar-refractivity contribution in [2.24, 2.45) is 5.73 Å². The van der Waals surface area contributed by atoms with Crippen molar-refractivity contribution in [2.45, 2.75) is 32.0 Å². The highest BCUT2D eigenvalue weighted by Gasteiger charge is 2.29. The van der Waals surface area contributed by atoms with Crippen LogP contribution in [-0.2, 0) is 0 Å². The number of nitrogens with one attached hydrogen (secondary N) is 2. The largest absolute Gasteiger partial charge is 0.385 e. The van der Waals surface area contributed by atoms with Gasteiger partial charge in [0.05, 0.1) is 6.20 Å². The second kappa shape index (κ2) is 11.3. The average Bonchev–Trinajstić information content (AvgIpc) is 3.44. The molecule has 1 aliphatic heterocycles. The lowest BCUT2D eigenvalue weighted by Crippen LogP contribution is -2.55. The smallest absolute Gasteiger partial charge is 0.129 e. The number of allylic oxidation sites excluding steroid dienone is 1. The van der Waals surface area contributed by atoms with Crippen LogP contribution in [0, 0.1) is 6.92 Å². The highest BCUT2D eigenvalue weighted by molar-refractivity contribution is 7.83. The Bertz CT molecular complexity index is 1230. The predicted molar refractivity (Wildman–Crippen MR) is 153 cm³/mol. The van der Waals surface area contributed by atoms with Gasteiger partial charge in [0.1, 0.15) is 19.5 Å². The Balaban J connectivity index is 1.47. The van der Waals surface area contributed by atoms with Crippen LogP contribution in [0.25, 0.3) is 22.9 Å². The summed E-state index contributed by atoms with van der Waals surface area (Å²) in [7, 11) is 6.32. The molecule has 2 aromatic heterocycles. The molecule has 4 rings (SSSR count). The summed E-state index contributed by atoms with van der Waals surface area (Å²) in [5.74, 6) is 1.51. The van der Waals surface area contributed by atoms with Gasteiger partial charge >= 0.3 is 0 Å². The number of nitrogens with zero attached hydrogens (tertiary/aromatic N) is 4. The topological polar surface area (TPSA) is 86.1 Å². The lowest BCUT2D eigenvalue weighted by molar-refractivity contribution is 0.212. The van der Waals surface area contributed by atoms with E-state index in [9.17, 15) is 0 Å². The molecule has 4 N–H and O–H groups in total. The van der Waals surface area contributed by atoms with Gasteiger partial charge in [-0.15, -0.1) is 0 Å². The van der Waals surface area contributed by atoms with Gasteiger partial charge in [0.15, 0.2) is 0 Å². The lowest BCUT2D eigenvalue weighted by Gasteiger charge is -2.44. The van der Waals surface area contributed by atoms with Crippen LogP contribution in [-0.4, -0.2) is 58.9 Å². The molecule has 1 saturated heterocycles. The summed E-state index contributed by atoms with van der Waals surface area (Å²) in [6.45, 7) is 9.53. The minimum Gasteiger partial charge on any atom is -0.385 e. The zero-order valence-corrected chi connectivity index (χ0v) is 22.1. The fourth-order valence-electron chi connectivity index (χ4n) is 4.36. The molecule has 1 aromatic carbocycles. The van der Waals surface area contributed by atoms with Gasteiger partial charge in [-0.3, -0.25) is 10.00 Å². The molecule has 3 heterocycles. The molecule has 9 heteroatoms. The number of aromatic amines is 1. The quantitative estimate of drug-likeness (QED) is 0.277. The van der Waals surface area contributed by atoms with Crippen LogP contribution in [0.2, 0.25) is 0 Å². The molecule has 0 aliphatic carbocycles. The average molecular weight is 499 g/mol. The SMILES string of the molecule is [B]C(S)(CC)N1CCN(c2cc(/C(=C\C)N/C(N)=C/c3cc(-c4cn[nH]c4)ccc3C)ccn2)CC1. The minimum absolute atomic E-state index is 0.565. The second-order valence-corrected chi connectivity index (χ2v) is 9.87. The fraction of sp³-hybridized carbons (Fsp3) is 0.333. The van der Waals surface area contributed by atoms with Gasteiger partial charge in [-0.1, -0.05) is 25.1 Å². The molecule has 186 valence electrons. The minimum atomic E-state index is -0.566. The number of aromatic nitrogens is 3. The number of hydrogen-bond donors (Lipinski definition) is 4. The van der Waals surface area contributed by atoms with Crippen LogP contribution in [0.5, 0.6) is 0 Å². The number of nitrogens with two attached hydrogens (primary N) is 1. The standard InChI is InChI=1S/C27H34BN7S/c1-4-24(33-25(29)15-22-14-20(7-6-19(22)3)23-17-31-32-18-23)21-8-9-30-26(16-21)34-10-12-35(13-11-34)27(28,36)5-2/h4,6-9,14-18,33,36H,5,10-13,29H2,1-3H3,(H,31,32)/b24-4+,25-15+. The number of thiol groups is 1. The van der Waals surface area contributed by atoms with Crippen LogP contribution in [0.3, 0.4) is 0 Å². The van der Waals surface area contributed by atoms with Crippen molar-refractivity contribution in [1.29, 1.82) is 0 Å². The molecular formula is C27H34BN7S. The Kier molecular flexibility index (Phi) is 8.11. The van der Waals surface area contributed by atoms with E-state index >= 15 is 0 Å². The van der Waals surface area contributed by atoms with E-state index in [1.807, 2.05) is 43.7 Å². The molecular weight excluding hydrogens is 465 g/mol. The monoisotopic (exact) mass is 499 g/mol. The van der Waals surface area contributed by atoms with E-state index in [2.05, 4.69) is 81.0 Å². The maximum atomic E-state index is 6.45. The predicted octanol–water partition coefficient (Wildman–Crippen LogP) is 3.97. The molecule has 0 spiro atoms. The summed E-state index contributed by atoms with van der Waals surface area (Å²) in [6.07, 6.45) is 10.3. The van der Waals surface area contributed by atoms with E-state index in [0.29, 0.717) is 5.82 Å². The molecule has 1 atom stereocenters. The third-order valence-electron chi connectivity index (χ3n) is 6.72. The van der Waals surface area contributed by atoms with E-state index < -0.39 is 4.77 Å². The van der Waals surface area contributed by atoms with Crippen LogP contribution >= 0.6 is 12.6 Å². The Morgan fingerprint density at radius 3 is 2.67 bits per heavy atom. The third kappa shape index (κ3) is 5.96. The molecule has 7 nitrogen and oxygen atoms in total. The molecule has 0 saturated carbocycles. The maximum Gasteiger partial charge on any atom is 0.129 e. The van der Waals surface area contributed by atoms with Gasteiger partial charge in [0.25, 0.3) is 0 Å².